The fourth-order valence-corrected chi connectivity index (χ4v) is 4.19. The molecule has 0 radical (unpaired) electrons. The first-order valence-electron chi connectivity index (χ1n) is 7.82. The van der Waals surface area contributed by atoms with Crippen LogP contribution >= 0.6 is 23.1 Å². The molecule has 2 aliphatic rings. The number of amides is 1. The van der Waals surface area contributed by atoms with Gasteiger partial charge >= 0.3 is 0 Å². The fraction of sp³-hybridized carbons (Fsp3) is 0.786. The number of hydrogen-bond donors (Lipinski definition) is 2. The maximum absolute atomic E-state index is 12.0. The normalized spacial score (nSPS) is 20.0. The van der Waals surface area contributed by atoms with Gasteiger partial charge in [-0.2, -0.15) is 0 Å². The molecule has 21 heavy (non-hydrogen) atoms. The third-order valence-electron chi connectivity index (χ3n) is 3.86. The van der Waals surface area contributed by atoms with E-state index in [9.17, 15) is 4.79 Å². The van der Waals surface area contributed by atoms with Gasteiger partial charge in [0.15, 0.2) is 4.34 Å². The molecule has 2 saturated carbocycles. The van der Waals surface area contributed by atoms with Crippen molar-refractivity contribution in [2.45, 2.75) is 67.8 Å². The van der Waals surface area contributed by atoms with Crippen molar-refractivity contribution in [2.24, 2.45) is 0 Å². The molecule has 0 aromatic carbocycles. The van der Waals surface area contributed by atoms with Crippen molar-refractivity contribution in [3.8, 4) is 0 Å². The first-order valence-corrected chi connectivity index (χ1v) is 9.62. The van der Waals surface area contributed by atoms with Crippen molar-refractivity contribution in [1.82, 2.24) is 15.5 Å². The van der Waals surface area contributed by atoms with Gasteiger partial charge in [-0.25, -0.2) is 0 Å². The first kappa shape index (κ1) is 15.1. The summed E-state index contributed by atoms with van der Waals surface area (Å²) >= 11 is 3.03. The Morgan fingerprint density at radius 2 is 1.86 bits per heavy atom. The predicted molar refractivity (Wildman–Crippen MR) is 86.9 cm³/mol. The van der Waals surface area contributed by atoms with Gasteiger partial charge in [0.2, 0.25) is 11.0 Å². The van der Waals surface area contributed by atoms with Crippen molar-refractivity contribution in [3.63, 3.8) is 0 Å². The van der Waals surface area contributed by atoms with Gasteiger partial charge in [0.25, 0.3) is 0 Å². The van der Waals surface area contributed by atoms with E-state index in [1.54, 1.807) is 11.3 Å². The minimum absolute atomic E-state index is 0.124. The monoisotopic (exact) mass is 326 g/mol. The van der Waals surface area contributed by atoms with Crippen LogP contribution in [0.15, 0.2) is 4.34 Å². The second-order valence-electron chi connectivity index (χ2n) is 5.84. The largest absolute Gasteiger partial charge is 0.357 e. The van der Waals surface area contributed by atoms with Crippen molar-refractivity contribution in [3.05, 3.63) is 0 Å². The third kappa shape index (κ3) is 5.14. The van der Waals surface area contributed by atoms with Crippen LogP contribution in [0, 0.1) is 0 Å². The van der Waals surface area contributed by atoms with E-state index in [2.05, 4.69) is 20.8 Å². The highest BCUT2D eigenvalue weighted by atomic mass is 32.2. The average molecular weight is 326 g/mol. The average Bonchev–Trinajstić information content (AvgIpc) is 3.22. The van der Waals surface area contributed by atoms with E-state index < -0.39 is 0 Å². The molecule has 0 spiro atoms. The van der Waals surface area contributed by atoms with Gasteiger partial charge in [0.1, 0.15) is 0 Å². The zero-order chi connectivity index (χ0) is 14.5. The van der Waals surface area contributed by atoms with Gasteiger partial charge < -0.3 is 10.6 Å². The van der Waals surface area contributed by atoms with Crippen LogP contribution in [0.1, 0.15) is 51.4 Å². The van der Waals surface area contributed by atoms with E-state index in [4.69, 9.17) is 0 Å². The van der Waals surface area contributed by atoms with Gasteiger partial charge in [-0.1, -0.05) is 48.8 Å². The number of anilines is 1. The number of carbonyl (C=O) groups excluding carboxylic acids is 1. The van der Waals surface area contributed by atoms with Crippen LogP contribution in [0.25, 0.3) is 0 Å². The summed E-state index contributed by atoms with van der Waals surface area (Å²) in [7, 11) is 0. The molecule has 0 bridgehead atoms. The van der Waals surface area contributed by atoms with Crippen molar-refractivity contribution < 1.29 is 4.79 Å². The van der Waals surface area contributed by atoms with Crippen LogP contribution in [-0.2, 0) is 4.79 Å². The minimum Gasteiger partial charge on any atom is -0.357 e. The highest BCUT2D eigenvalue weighted by Gasteiger charge is 2.22. The van der Waals surface area contributed by atoms with Crippen molar-refractivity contribution in [2.75, 3.05) is 11.1 Å². The maximum Gasteiger partial charge on any atom is 0.230 e. The van der Waals surface area contributed by atoms with E-state index in [-0.39, 0.29) is 5.91 Å². The van der Waals surface area contributed by atoms with Crippen molar-refractivity contribution >= 4 is 34.1 Å². The summed E-state index contributed by atoms with van der Waals surface area (Å²) in [6.45, 7) is 0. The molecule has 0 unspecified atom stereocenters. The lowest BCUT2D eigenvalue weighted by Crippen LogP contribution is -2.35. The Kier molecular flexibility index (Phi) is 5.35. The quantitative estimate of drug-likeness (QED) is 0.621. The van der Waals surface area contributed by atoms with Crippen LogP contribution < -0.4 is 10.6 Å². The summed E-state index contributed by atoms with van der Waals surface area (Å²) in [5.74, 6) is 0.563. The number of rotatable bonds is 6. The van der Waals surface area contributed by atoms with Crippen molar-refractivity contribution in [1.29, 1.82) is 0 Å². The molecule has 0 saturated heterocycles. The molecule has 1 aromatic heterocycles. The molecule has 0 atom stereocenters. The molecule has 0 aliphatic heterocycles. The van der Waals surface area contributed by atoms with Gasteiger partial charge in [0, 0.05) is 12.1 Å². The molecule has 2 fully saturated rings. The number of aromatic nitrogens is 2. The molecular weight excluding hydrogens is 304 g/mol. The van der Waals surface area contributed by atoms with Gasteiger partial charge in [-0.3, -0.25) is 4.79 Å². The number of hydrogen-bond acceptors (Lipinski definition) is 6. The Morgan fingerprint density at radius 3 is 2.57 bits per heavy atom. The second-order valence-corrected chi connectivity index (χ2v) is 8.04. The molecule has 1 heterocycles. The molecule has 2 N–H and O–H groups in total. The predicted octanol–water partition coefficient (Wildman–Crippen LogP) is 3.04. The number of nitrogens with zero attached hydrogens (tertiary/aromatic N) is 2. The number of thioether (sulfide) groups is 1. The Hall–Kier alpha value is -0.820. The molecule has 1 aromatic rings. The molecular formula is C14H22N4OS2. The topological polar surface area (TPSA) is 66.9 Å². The lowest BCUT2D eigenvalue weighted by molar-refractivity contribution is -0.119. The minimum atomic E-state index is 0.124. The van der Waals surface area contributed by atoms with Gasteiger partial charge in [0.05, 0.1) is 5.75 Å². The van der Waals surface area contributed by atoms with Gasteiger partial charge in [-0.15, -0.1) is 10.2 Å². The zero-order valence-corrected chi connectivity index (χ0v) is 13.8. The highest BCUT2D eigenvalue weighted by molar-refractivity contribution is 8.01. The van der Waals surface area contributed by atoms with E-state index in [0.717, 1.165) is 22.3 Å². The van der Waals surface area contributed by atoms with Crippen LogP contribution in [0.4, 0.5) is 5.13 Å². The second kappa shape index (κ2) is 7.45. The smallest absolute Gasteiger partial charge is 0.230 e. The Balaban J connectivity index is 1.39. The number of carbonyl (C=O) groups is 1. The summed E-state index contributed by atoms with van der Waals surface area (Å²) in [6.07, 6.45) is 9.81. The van der Waals surface area contributed by atoms with E-state index in [1.807, 2.05) is 0 Å². The fourth-order valence-electron chi connectivity index (χ4n) is 2.55. The molecule has 116 valence electrons. The summed E-state index contributed by atoms with van der Waals surface area (Å²) in [5.41, 5.74) is 0. The SMILES string of the molecule is O=C(CSc1nnc(NC2CC2)s1)NC1CCCCCC1. The number of nitrogens with one attached hydrogen (secondary N) is 2. The zero-order valence-electron chi connectivity index (χ0n) is 12.1. The van der Waals surface area contributed by atoms with Crippen LogP contribution in [0.3, 0.4) is 0 Å². The lowest BCUT2D eigenvalue weighted by Gasteiger charge is -2.15. The molecule has 3 rings (SSSR count). The van der Waals surface area contributed by atoms with Gasteiger partial charge in [-0.05, 0) is 25.7 Å². The maximum atomic E-state index is 12.0. The summed E-state index contributed by atoms with van der Waals surface area (Å²) in [6, 6.07) is 0.969. The molecule has 5 nitrogen and oxygen atoms in total. The lowest BCUT2D eigenvalue weighted by atomic mass is 10.1. The Labute approximate surface area is 133 Å². The summed E-state index contributed by atoms with van der Waals surface area (Å²) in [4.78, 5) is 12.0. The summed E-state index contributed by atoms with van der Waals surface area (Å²) < 4.78 is 0.870. The third-order valence-corrected chi connectivity index (χ3v) is 5.85. The first-order chi connectivity index (χ1) is 10.3. The van der Waals surface area contributed by atoms with E-state index >= 15 is 0 Å². The van der Waals surface area contributed by atoms with Crippen LogP contribution in [0.2, 0.25) is 0 Å². The van der Waals surface area contributed by atoms with E-state index in [1.165, 1.54) is 50.3 Å². The molecule has 2 aliphatic carbocycles. The van der Waals surface area contributed by atoms with Crippen LogP contribution in [-0.4, -0.2) is 33.9 Å². The molecule has 7 heteroatoms. The molecule has 1 amide bonds. The van der Waals surface area contributed by atoms with E-state index in [0.29, 0.717) is 17.8 Å². The van der Waals surface area contributed by atoms with Crippen LogP contribution in [0.5, 0.6) is 0 Å². The highest BCUT2D eigenvalue weighted by Crippen LogP contribution is 2.30. The Bertz CT molecular complexity index is 467. The summed E-state index contributed by atoms with van der Waals surface area (Å²) in [5, 5.41) is 15.6. The standard InChI is InChI=1S/C14H22N4OS2/c19-12(15-10-5-3-1-2-4-6-10)9-20-14-18-17-13(21-14)16-11-7-8-11/h10-11H,1-9H2,(H,15,19)(H,16,17). The Morgan fingerprint density at radius 1 is 1.10 bits per heavy atom.